The van der Waals surface area contributed by atoms with Gasteiger partial charge >= 0.3 is 0 Å². The molecule has 1 fully saturated rings. The van der Waals surface area contributed by atoms with Crippen molar-refractivity contribution < 1.29 is 5.11 Å². The maximum Gasteiger partial charge on any atom is 0.134 e. The summed E-state index contributed by atoms with van der Waals surface area (Å²) in [4.78, 5) is 8.71. The fourth-order valence-electron chi connectivity index (χ4n) is 3.23. The van der Waals surface area contributed by atoms with Gasteiger partial charge in [-0.2, -0.15) is 0 Å². The van der Waals surface area contributed by atoms with Gasteiger partial charge in [-0.3, -0.25) is 0 Å². The second-order valence-corrected chi connectivity index (χ2v) is 6.12. The predicted molar refractivity (Wildman–Crippen MR) is 86.7 cm³/mol. The summed E-state index contributed by atoms with van der Waals surface area (Å²) in [5.74, 6) is 1.81. The Balaban J connectivity index is 2.11. The molecule has 0 atom stereocenters. The van der Waals surface area contributed by atoms with Gasteiger partial charge in [-0.05, 0) is 19.3 Å². The highest BCUT2D eigenvalue weighted by molar-refractivity contribution is 5.57. The van der Waals surface area contributed by atoms with Crippen molar-refractivity contribution in [2.45, 2.75) is 51.9 Å². The van der Waals surface area contributed by atoms with Crippen LogP contribution in [0.25, 0.3) is 0 Å². The molecule has 21 heavy (non-hydrogen) atoms. The zero-order chi connectivity index (χ0) is 15.1. The van der Waals surface area contributed by atoms with Crippen LogP contribution in [0.5, 0.6) is 0 Å². The first-order valence-corrected chi connectivity index (χ1v) is 8.11. The molecule has 0 unspecified atom stereocenters. The monoisotopic (exact) mass is 292 g/mol. The first-order valence-electron chi connectivity index (χ1n) is 8.11. The van der Waals surface area contributed by atoms with Crippen LogP contribution >= 0.6 is 0 Å². The van der Waals surface area contributed by atoms with Gasteiger partial charge in [0.25, 0.3) is 0 Å². The largest absolute Gasteiger partial charge is 0.396 e. The molecule has 1 aliphatic carbocycles. The highest BCUT2D eigenvalue weighted by Gasteiger charge is 2.31. The van der Waals surface area contributed by atoms with Gasteiger partial charge in [-0.1, -0.05) is 32.6 Å². The molecule has 1 heterocycles. The van der Waals surface area contributed by atoms with Gasteiger partial charge < -0.3 is 15.7 Å². The summed E-state index contributed by atoms with van der Waals surface area (Å²) in [7, 11) is 1.89. The summed E-state index contributed by atoms with van der Waals surface area (Å²) in [5.41, 5.74) is 1.17. The van der Waals surface area contributed by atoms with Crippen molar-refractivity contribution in [3.8, 4) is 0 Å². The molecule has 1 aromatic heterocycles. The van der Waals surface area contributed by atoms with Gasteiger partial charge in [0.05, 0.1) is 6.61 Å². The number of nitrogens with one attached hydrogen (secondary N) is 2. The Bertz CT molecular complexity index is 444. The highest BCUT2D eigenvalue weighted by atomic mass is 16.3. The number of rotatable bonds is 7. The van der Waals surface area contributed by atoms with E-state index in [0.29, 0.717) is 0 Å². The average molecular weight is 292 g/mol. The normalized spacial score (nSPS) is 17.5. The number of hydrogen-bond acceptors (Lipinski definition) is 5. The van der Waals surface area contributed by atoms with Crippen molar-refractivity contribution in [1.29, 1.82) is 0 Å². The molecule has 1 aliphatic rings. The van der Waals surface area contributed by atoms with Crippen LogP contribution in [-0.2, 0) is 6.42 Å². The fraction of sp³-hybridized carbons (Fsp3) is 0.750. The topological polar surface area (TPSA) is 70.1 Å². The molecular weight excluding hydrogens is 264 g/mol. The SMILES string of the molecule is CCCc1c(NC)ncnc1NCC1(CO)CCCCC1. The predicted octanol–water partition coefficient (Wildman–Crippen LogP) is 2.83. The Hall–Kier alpha value is -1.36. The van der Waals surface area contributed by atoms with E-state index in [1.165, 1.54) is 19.3 Å². The van der Waals surface area contributed by atoms with E-state index in [1.54, 1.807) is 6.33 Å². The zero-order valence-corrected chi connectivity index (χ0v) is 13.3. The maximum absolute atomic E-state index is 9.81. The molecule has 0 aliphatic heterocycles. The van der Waals surface area contributed by atoms with E-state index in [4.69, 9.17) is 0 Å². The summed E-state index contributed by atoms with van der Waals surface area (Å²) in [6.07, 6.45) is 9.53. The summed E-state index contributed by atoms with van der Waals surface area (Å²) in [5, 5.41) is 16.4. The molecule has 0 spiro atoms. The van der Waals surface area contributed by atoms with Crippen molar-refractivity contribution in [3.63, 3.8) is 0 Å². The quantitative estimate of drug-likeness (QED) is 0.721. The van der Waals surface area contributed by atoms with Crippen LogP contribution in [0.2, 0.25) is 0 Å². The third-order valence-electron chi connectivity index (χ3n) is 4.56. The molecule has 5 heteroatoms. The first-order chi connectivity index (χ1) is 10.2. The Labute approximate surface area is 127 Å². The Morgan fingerprint density at radius 3 is 2.52 bits per heavy atom. The Morgan fingerprint density at radius 2 is 1.90 bits per heavy atom. The van der Waals surface area contributed by atoms with Crippen LogP contribution in [0, 0.1) is 5.41 Å². The smallest absolute Gasteiger partial charge is 0.134 e. The summed E-state index contributed by atoms with van der Waals surface area (Å²) in [6.45, 7) is 3.21. The van der Waals surface area contributed by atoms with Crippen LogP contribution in [0.3, 0.4) is 0 Å². The van der Waals surface area contributed by atoms with Gasteiger partial charge in [0.15, 0.2) is 0 Å². The Kier molecular flexibility index (Phi) is 5.79. The van der Waals surface area contributed by atoms with E-state index >= 15 is 0 Å². The number of nitrogens with zero attached hydrogens (tertiary/aromatic N) is 2. The van der Waals surface area contributed by atoms with E-state index in [2.05, 4.69) is 27.5 Å². The minimum atomic E-state index is 0.0203. The molecule has 1 saturated carbocycles. The lowest BCUT2D eigenvalue weighted by atomic mass is 9.74. The molecule has 2 rings (SSSR count). The third kappa shape index (κ3) is 3.84. The minimum Gasteiger partial charge on any atom is -0.396 e. The van der Waals surface area contributed by atoms with Crippen LogP contribution in [-0.4, -0.2) is 35.3 Å². The summed E-state index contributed by atoms with van der Waals surface area (Å²) in [6, 6.07) is 0. The van der Waals surface area contributed by atoms with Gasteiger partial charge in [0, 0.05) is 24.6 Å². The fourth-order valence-corrected chi connectivity index (χ4v) is 3.23. The minimum absolute atomic E-state index is 0.0203. The van der Waals surface area contributed by atoms with Gasteiger partial charge in [-0.15, -0.1) is 0 Å². The molecule has 0 radical (unpaired) electrons. The lowest BCUT2D eigenvalue weighted by Gasteiger charge is -2.36. The van der Waals surface area contributed by atoms with Crippen LogP contribution in [0.15, 0.2) is 6.33 Å². The van der Waals surface area contributed by atoms with E-state index in [0.717, 1.165) is 49.4 Å². The van der Waals surface area contributed by atoms with Crippen molar-refractivity contribution in [1.82, 2.24) is 9.97 Å². The van der Waals surface area contributed by atoms with Gasteiger partial charge in [-0.25, -0.2) is 9.97 Å². The number of aliphatic hydroxyl groups is 1. The number of aliphatic hydroxyl groups excluding tert-OH is 1. The summed E-state index contributed by atoms with van der Waals surface area (Å²) < 4.78 is 0. The second-order valence-electron chi connectivity index (χ2n) is 6.12. The number of anilines is 2. The number of hydrogen-bond donors (Lipinski definition) is 3. The lowest BCUT2D eigenvalue weighted by molar-refractivity contribution is 0.0943. The van der Waals surface area contributed by atoms with E-state index < -0.39 is 0 Å². The zero-order valence-electron chi connectivity index (χ0n) is 13.3. The second kappa shape index (κ2) is 7.59. The average Bonchev–Trinajstić information content (AvgIpc) is 2.55. The van der Waals surface area contributed by atoms with Crippen LogP contribution in [0.1, 0.15) is 51.0 Å². The highest BCUT2D eigenvalue weighted by Crippen LogP contribution is 2.36. The molecular formula is C16H28N4O. The van der Waals surface area contributed by atoms with Crippen LogP contribution < -0.4 is 10.6 Å². The first kappa shape index (κ1) is 16.0. The van der Waals surface area contributed by atoms with Gasteiger partial charge in [0.1, 0.15) is 18.0 Å². The van der Waals surface area contributed by atoms with E-state index in [9.17, 15) is 5.11 Å². The molecule has 1 aromatic rings. The Morgan fingerprint density at radius 1 is 1.19 bits per heavy atom. The van der Waals surface area contributed by atoms with Crippen molar-refractivity contribution in [2.75, 3.05) is 30.8 Å². The van der Waals surface area contributed by atoms with E-state index in [-0.39, 0.29) is 12.0 Å². The van der Waals surface area contributed by atoms with Crippen LogP contribution in [0.4, 0.5) is 11.6 Å². The number of aromatic nitrogens is 2. The molecule has 0 aromatic carbocycles. The summed E-state index contributed by atoms with van der Waals surface area (Å²) >= 11 is 0. The van der Waals surface area contributed by atoms with E-state index in [1.807, 2.05) is 7.05 Å². The van der Waals surface area contributed by atoms with Gasteiger partial charge in [0.2, 0.25) is 0 Å². The molecule has 0 saturated heterocycles. The standard InChI is InChI=1S/C16H28N4O/c1-3-7-13-14(17-2)19-12-20-15(13)18-10-16(11-21)8-5-4-6-9-16/h12,21H,3-11H2,1-2H3,(H2,17,18,19,20). The molecule has 0 bridgehead atoms. The van der Waals surface area contributed by atoms with Crippen molar-refractivity contribution in [3.05, 3.63) is 11.9 Å². The molecule has 0 amide bonds. The maximum atomic E-state index is 9.81. The molecule has 3 N–H and O–H groups in total. The van der Waals surface area contributed by atoms with Crippen molar-refractivity contribution >= 4 is 11.6 Å². The third-order valence-corrected chi connectivity index (χ3v) is 4.56. The molecule has 118 valence electrons. The molecule has 5 nitrogen and oxygen atoms in total. The van der Waals surface area contributed by atoms with Crippen molar-refractivity contribution in [2.24, 2.45) is 5.41 Å². The lowest BCUT2D eigenvalue weighted by Crippen LogP contribution is -2.36.